The Morgan fingerprint density at radius 1 is 1.00 bits per heavy atom. The van der Waals surface area contributed by atoms with Crippen molar-refractivity contribution in [2.45, 2.75) is 34.7 Å². The third-order valence-electron chi connectivity index (χ3n) is 5.17. The molecule has 1 atom stereocenters. The molecule has 1 aromatic heterocycles. The molecule has 1 saturated heterocycles. The summed E-state index contributed by atoms with van der Waals surface area (Å²) in [4.78, 5) is 3.42. The van der Waals surface area contributed by atoms with E-state index in [0.29, 0.717) is 13.2 Å². The molecule has 0 amide bonds. The normalized spacial score (nSPS) is 19.6. The summed E-state index contributed by atoms with van der Waals surface area (Å²) in [6.45, 7) is 2.96. The number of hydrogen-bond donors (Lipinski definition) is 2. The molecule has 1 unspecified atom stereocenters. The standard InChI is InChI=1S/C19H25N3O5S3/c23-29(24,16-5-7-17(8-6-16)30(25,26)21-15-3-4-15)20-14-18(19-2-1-13-28-19)22-9-11-27-12-10-22/h1-2,5-8,13,15,18,20-21H,3-4,9-12,14H2. The number of hydrogen-bond acceptors (Lipinski definition) is 7. The summed E-state index contributed by atoms with van der Waals surface area (Å²) in [5.41, 5.74) is 0. The third-order valence-corrected chi connectivity index (χ3v) is 9.12. The van der Waals surface area contributed by atoms with E-state index >= 15 is 0 Å². The summed E-state index contributed by atoms with van der Waals surface area (Å²) in [6, 6.07) is 9.20. The first-order chi connectivity index (χ1) is 14.4. The first kappa shape index (κ1) is 21.9. The quantitative estimate of drug-likeness (QED) is 0.575. The maximum atomic E-state index is 12.8. The first-order valence-corrected chi connectivity index (χ1v) is 13.7. The van der Waals surface area contributed by atoms with Gasteiger partial charge in [0.05, 0.1) is 29.0 Å². The molecule has 1 aliphatic carbocycles. The molecule has 1 aromatic carbocycles. The topological polar surface area (TPSA) is 105 Å². The zero-order valence-electron chi connectivity index (χ0n) is 16.4. The number of thiophene rings is 1. The van der Waals surface area contributed by atoms with Crippen LogP contribution < -0.4 is 9.44 Å². The van der Waals surface area contributed by atoms with E-state index < -0.39 is 20.0 Å². The average molecular weight is 472 g/mol. The van der Waals surface area contributed by atoms with E-state index in [2.05, 4.69) is 14.3 Å². The van der Waals surface area contributed by atoms with Gasteiger partial charge in [-0.05, 0) is 48.6 Å². The van der Waals surface area contributed by atoms with Crippen molar-refractivity contribution in [3.63, 3.8) is 0 Å². The van der Waals surface area contributed by atoms with E-state index in [9.17, 15) is 16.8 Å². The highest BCUT2D eigenvalue weighted by atomic mass is 32.2. The minimum Gasteiger partial charge on any atom is -0.379 e. The molecule has 2 fully saturated rings. The molecular formula is C19H25N3O5S3. The van der Waals surface area contributed by atoms with Crippen LogP contribution in [0.25, 0.3) is 0 Å². The Hall–Kier alpha value is -1.34. The van der Waals surface area contributed by atoms with Gasteiger partial charge in [0.2, 0.25) is 20.0 Å². The molecule has 0 spiro atoms. The molecule has 2 aromatic rings. The van der Waals surface area contributed by atoms with Crippen LogP contribution in [0.4, 0.5) is 0 Å². The SMILES string of the molecule is O=S(=O)(NCC(c1cccs1)N1CCOCC1)c1ccc(S(=O)(=O)NC2CC2)cc1. The molecule has 1 aliphatic heterocycles. The lowest BCUT2D eigenvalue weighted by Crippen LogP contribution is -2.43. The van der Waals surface area contributed by atoms with Crippen LogP contribution in [0.15, 0.2) is 51.6 Å². The van der Waals surface area contributed by atoms with E-state index in [1.165, 1.54) is 24.3 Å². The van der Waals surface area contributed by atoms with Crippen molar-refractivity contribution in [1.29, 1.82) is 0 Å². The second-order valence-corrected chi connectivity index (χ2v) is 11.9. The first-order valence-electron chi connectivity index (χ1n) is 9.82. The molecular weight excluding hydrogens is 446 g/mol. The summed E-state index contributed by atoms with van der Waals surface area (Å²) in [6.07, 6.45) is 1.67. The highest BCUT2D eigenvalue weighted by Crippen LogP contribution is 2.26. The minimum atomic E-state index is -3.78. The molecule has 11 heteroatoms. The van der Waals surface area contributed by atoms with Gasteiger partial charge in [-0.1, -0.05) is 6.07 Å². The van der Waals surface area contributed by atoms with Gasteiger partial charge >= 0.3 is 0 Å². The Bertz CT molecular complexity index is 1040. The second kappa shape index (κ2) is 9.03. The van der Waals surface area contributed by atoms with Gasteiger partial charge in [0.25, 0.3) is 0 Å². The van der Waals surface area contributed by atoms with Crippen LogP contribution in [-0.4, -0.2) is 60.6 Å². The fraction of sp³-hybridized carbons (Fsp3) is 0.474. The van der Waals surface area contributed by atoms with E-state index in [-0.39, 0.29) is 28.4 Å². The highest BCUT2D eigenvalue weighted by Gasteiger charge is 2.29. The zero-order chi connectivity index (χ0) is 21.2. The van der Waals surface area contributed by atoms with Crippen molar-refractivity contribution in [3.8, 4) is 0 Å². The van der Waals surface area contributed by atoms with Gasteiger partial charge in [-0.2, -0.15) is 0 Å². The fourth-order valence-corrected chi connectivity index (χ4v) is 6.54. The van der Waals surface area contributed by atoms with Crippen molar-refractivity contribution in [2.75, 3.05) is 32.8 Å². The van der Waals surface area contributed by atoms with Gasteiger partial charge in [-0.15, -0.1) is 11.3 Å². The van der Waals surface area contributed by atoms with Crippen LogP contribution in [0.2, 0.25) is 0 Å². The van der Waals surface area contributed by atoms with Gasteiger partial charge in [0.15, 0.2) is 0 Å². The number of benzene rings is 1. The van der Waals surface area contributed by atoms with E-state index in [1.807, 2.05) is 17.5 Å². The lowest BCUT2D eigenvalue weighted by atomic mass is 10.2. The molecule has 2 aliphatic rings. The third kappa shape index (κ3) is 5.28. The molecule has 8 nitrogen and oxygen atoms in total. The lowest BCUT2D eigenvalue weighted by Gasteiger charge is -2.34. The Balaban J connectivity index is 1.46. The van der Waals surface area contributed by atoms with Crippen LogP contribution >= 0.6 is 11.3 Å². The van der Waals surface area contributed by atoms with Gasteiger partial charge in [-0.25, -0.2) is 26.3 Å². The van der Waals surface area contributed by atoms with Gasteiger partial charge in [0.1, 0.15) is 0 Å². The van der Waals surface area contributed by atoms with E-state index in [0.717, 1.165) is 30.8 Å². The molecule has 2 heterocycles. The highest BCUT2D eigenvalue weighted by molar-refractivity contribution is 7.90. The van der Waals surface area contributed by atoms with E-state index in [1.54, 1.807) is 11.3 Å². The molecule has 164 valence electrons. The number of rotatable bonds is 9. The molecule has 1 saturated carbocycles. The largest absolute Gasteiger partial charge is 0.379 e. The number of ether oxygens (including phenoxy) is 1. The number of sulfonamides is 2. The van der Waals surface area contributed by atoms with Crippen molar-refractivity contribution >= 4 is 31.4 Å². The number of morpholine rings is 1. The molecule has 4 rings (SSSR count). The van der Waals surface area contributed by atoms with Crippen LogP contribution in [0.5, 0.6) is 0 Å². The lowest BCUT2D eigenvalue weighted by molar-refractivity contribution is 0.0179. The maximum Gasteiger partial charge on any atom is 0.240 e. The van der Waals surface area contributed by atoms with Gasteiger partial charge in [-0.3, -0.25) is 4.90 Å². The van der Waals surface area contributed by atoms with Crippen LogP contribution in [0, 0.1) is 0 Å². The Morgan fingerprint density at radius 3 is 2.20 bits per heavy atom. The zero-order valence-corrected chi connectivity index (χ0v) is 18.8. The predicted molar refractivity (Wildman–Crippen MR) is 114 cm³/mol. The number of nitrogens with zero attached hydrogens (tertiary/aromatic N) is 1. The molecule has 0 radical (unpaired) electrons. The summed E-state index contributed by atoms with van der Waals surface area (Å²) in [5, 5.41) is 1.98. The van der Waals surface area contributed by atoms with Crippen molar-refractivity contribution in [1.82, 2.24) is 14.3 Å². The van der Waals surface area contributed by atoms with Crippen molar-refractivity contribution in [2.24, 2.45) is 0 Å². The smallest absolute Gasteiger partial charge is 0.240 e. The predicted octanol–water partition coefficient (Wildman–Crippen LogP) is 1.54. The maximum absolute atomic E-state index is 12.8. The Morgan fingerprint density at radius 2 is 1.63 bits per heavy atom. The van der Waals surface area contributed by atoms with Crippen LogP contribution in [0.3, 0.4) is 0 Å². The van der Waals surface area contributed by atoms with Crippen LogP contribution in [0.1, 0.15) is 23.8 Å². The summed E-state index contributed by atoms with van der Waals surface area (Å²) in [5.74, 6) is 0. The Labute approximate surface area is 181 Å². The van der Waals surface area contributed by atoms with Crippen LogP contribution in [-0.2, 0) is 24.8 Å². The summed E-state index contributed by atoms with van der Waals surface area (Å²) >= 11 is 1.59. The molecule has 30 heavy (non-hydrogen) atoms. The number of nitrogens with one attached hydrogen (secondary N) is 2. The summed E-state index contributed by atoms with van der Waals surface area (Å²) in [7, 11) is -7.39. The summed E-state index contributed by atoms with van der Waals surface area (Å²) < 4.78 is 60.9. The fourth-order valence-electron chi connectivity index (χ4n) is 3.34. The van der Waals surface area contributed by atoms with Crippen molar-refractivity contribution in [3.05, 3.63) is 46.7 Å². The second-order valence-electron chi connectivity index (χ2n) is 7.40. The molecule has 0 bridgehead atoms. The monoisotopic (exact) mass is 471 g/mol. The van der Waals surface area contributed by atoms with Gasteiger partial charge < -0.3 is 4.74 Å². The van der Waals surface area contributed by atoms with E-state index in [4.69, 9.17) is 4.74 Å². The Kier molecular flexibility index (Phi) is 6.58. The molecule has 2 N–H and O–H groups in total. The van der Waals surface area contributed by atoms with Crippen molar-refractivity contribution < 1.29 is 21.6 Å². The minimum absolute atomic E-state index is 0.00514. The van der Waals surface area contributed by atoms with Gasteiger partial charge in [0, 0.05) is 30.6 Å². The average Bonchev–Trinajstić information content (AvgIpc) is 3.37.